The number of hydrogen-bond donors (Lipinski definition) is 1. The van der Waals surface area contributed by atoms with Gasteiger partial charge in [0.05, 0.1) is 18.3 Å². The third-order valence-corrected chi connectivity index (χ3v) is 6.24. The first kappa shape index (κ1) is 20.9. The van der Waals surface area contributed by atoms with Crippen molar-refractivity contribution >= 4 is 11.7 Å². The minimum absolute atomic E-state index is 0.0787. The highest BCUT2D eigenvalue weighted by Gasteiger charge is 2.32. The third kappa shape index (κ3) is 4.10. The highest BCUT2D eigenvalue weighted by Crippen LogP contribution is 2.37. The maximum absolute atomic E-state index is 13.6. The van der Waals surface area contributed by atoms with Gasteiger partial charge in [-0.2, -0.15) is 0 Å². The van der Waals surface area contributed by atoms with Gasteiger partial charge in [-0.3, -0.25) is 0 Å². The van der Waals surface area contributed by atoms with Crippen molar-refractivity contribution in [3.8, 4) is 5.69 Å². The van der Waals surface area contributed by atoms with Crippen LogP contribution in [0.3, 0.4) is 0 Å². The van der Waals surface area contributed by atoms with E-state index in [1.54, 1.807) is 0 Å². The number of aromatic nitrogens is 1. The summed E-state index contributed by atoms with van der Waals surface area (Å²) in [6, 6.07) is 30.7. The van der Waals surface area contributed by atoms with Crippen molar-refractivity contribution in [1.29, 1.82) is 0 Å². The van der Waals surface area contributed by atoms with Crippen molar-refractivity contribution in [3.05, 3.63) is 120 Å². The molecular formula is C28H28N4O. The van der Waals surface area contributed by atoms with E-state index in [0.717, 1.165) is 33.8 Å². The number of rotatable bonds is 4. The number of nitrogens with zero attached hydrogens (tertiary/aromatic N) is 3. The zero-order chi connectivity index (χ0) is 22.8. The molecule has 1 aliphatic rings. The lowest BCUT2D eigenvalue weighted by molar-refractivity contribution is 0.180. The molecule has 0 spiro atoms. The number of anilines is 1. The van der Waals surface area contributed by atoms with Gasteiger partial charge >= 0.3 is 6.03 Å². The van der Waals surface area contributed by atoms with Crippen LogP contribution in [0.25, 0.3) is 5.69 Å². The van der Waals surface area contributed by atoms with Crippen molar-refractivity contribution in [3.63, 3.8) is 0 Å². The Balaban J connectivity index is 1.56. The van der Waals surface area contributed by atoms with Crippen LogP contribution in [0.15, 0.2) is 97.2 Å². The Bertz CT molecular complexity index is 1240. The maximum Gasteiger partial charge on any atom is 0.318 e. The Morgan fingerprint density at radius 3 is 2.39 bits per heavy atom. The van der Waals surface area contributed by atoms with Gasteiger partial charge in [0.2, 0.25) is 0 Å². The van der Waals surface area contributed by atoms with E-state index in [1.165, 1.54) is 0 Å². The summed E-state index contributed by atoms with van der Waals surface area (Å²) in [4.78, 5) is 17.7. The van der Waals surface area contributed by atoms with E-state index in [1.807, 2.05) is 55.4 Å². The van der Waals surface area contributed by atoms with Crippen molar-refractivity contribution < 1.29 is 4.79 Å². The second-order valence-electron chi connectivity index (χ2n) is 8.59. The van der Waals surface area contributed by atoms with E-state index >= 15 is 0 Å². The molecule has 1 aliphatic heterocycles. The van der Waals surface area contributed by atoms with Crippen molar-refractivity contribution in [1.82, 2.24) is 14.8 Å². The normalized spacial score (nSPS) is 14.7. The van der Waals surface area contributed by atoms with Crippen molar-refractivity contribution in [2.45, 2.75) is 19.1 Å². The highest BCUT2D eigenvalue weighted by atomic mass is 16.2. The van der Waals surface area contributed by atoms with Gasteiger partial charge in [0.1, 0.15) is 0 Å². The van der Waals surface area contributed by atoms with Gasteiger partial charge in [-0.05, 0) is 47.0 Å². The van der Waals surface area contributed by atoms with E-state index in [4.69, 9.17) is 0 Å². The molecule has 0 radical (unpaired) electrons. The van der Waals surface area contributed by atoms with E-state index in [-0.39, 0.29) is 12.1 Å². The largest absolute Gasteiger partial charge is 0.378 e. The molecule has 5 rings (SSSR count). The van der Waals surface area contributed by atoms with Crippen LogP contribution in [0.5, 0.6) is 0 Å². The van der Waals surface area contributed by atoms with Gasteiger partial charge in [-0.15, -0.1) is 0 Å². The number of para-hydroxylation sites is 1. The smallest absolute Gasteiger partial charge is 0.318 e. The van der Waals surface area contributed by atoms with E-state index in [0.29, 0.717) is 13.1 Å². The first-order chi connectivity index (χ1) is 16.1. The predicted octanol–water partition coefficient (Wildman–Crippen LogP) is 5.36. The fourth-order valence-electron chi connectivity index (χ4n) is 4.52. The molecule has 0 saturated heterocycles. The van der Waals surface area contributed by atoms with E-state index in [9.17, 15) is 4.79 Å². The van der Waals surface area contributed by atoms with Crippen LogP contribution in [-0.4, -0.2) is 29.6 Å². The lowest BCUT2D eigenvalue weighted by Gasteiger charge is -2.31. The molecule has 2 heterocycles. The van der Waals surface area contributed by atoms with Gasteiger partial charge in [0.25, 0.3) is 0 Å². The van der Waals surface area contributed by atoms with Crippen molar-refractivity contribution in [2.75, 3.05) is 19.0 Å². The average molecular weight is 437 g/mol. The van der Waals surface area contributed by atoms with Gasteiger partial charge in [-0.25, -0.2) is 4.79 Å². The van der Waals surface area contributed by atoms with Gasteiger partial charge in [0.15, 0.2) is 0 Å². The van der Waals surface area contributed by atoms with Crippen LogP contribution in [0.1, 0.15) is 28.4 Å². The molecule has 0 fully saturated rings. The first-order valence-corrected chi connectivity index (χ1v) is 11.2. The zero-order valence-electron chi connectivity index (χ0n) is 19.0. The molecule has 0 unspecified atom stereocenters. The summed E-state index contributed by atoms with van der Waals surface area (Å²) in [5.41, 5.74) is 6.61. The summed E-state index contributed by atoms with van der Waals surface area (Å²) in [6.07, 6.45) is 2.08. The molecule has 0 bridgehead atoms. The van der Waals surface area contributed by atoms with Crippen LogP contribution in [0.2, 0.25) is 0 Å². The number of nitrogens with one attached hydrogen (secondary N) is 1. The second-order valence-corrected chi connectivity index (χ2v) is 8.59. The SMILES string of the molecule is CN(C)c1ccc([C@@H]2c3cccn3-c3ccccc3CN2C(=O)NCc2ccccc2)cc1. The summed E-state index contributed by atoms with van der Waals surface area (Å²) in [5, 5.41) is 3.15. The number of urea groups is 1. The number of carbonyl (C=O) groups excluding carboxylic acids is 1. The molecule has 5 nitrogen and oxygen atoms in total. The quantitative estimate of drug-likeness (QED) is 0.468. The number of carbonyl (C=O) groups is 1. The summed E-state index contributed by atoms with van der Waals surface area (Å²) < 4.78 is 2.21. The molecule has 2 amide bonds. The molecule has 1 N–H and O–H groups in total. The molecule has 0 saturated carbocycles. The number of benzene rings is 3. The van der Waals surface area contributed by atoms with E-state index in [2.05, 4.69) is 75.6 Å². The van der Waals surface area contributed by atoms with Gasteiger partial charge in [0, 0.05) is 38.2 Å². The minimum Gasteiger partial charge on any atom is -0.378 e. The number of hydrogen-bond acceptors (Lipinski definition) is 2. The van der Waals surface area contributed by atoms with E-state index < -0.39 is 0 Å². The monoisotopic (exact) mass is 436 g/mol. The molecule has 0 aliphatic carbocycles. The standard InChI is InChI=1S/C28H28N4O/c1-30(2)24-16-14-22(15-17-24)27-26-13-8-18-31(26)25-12-7-6-11-23(25)20-32(27)28(33)29-19-21-9-4-3-5-10-21/h3-18,27H,19-20H2,1-2H3,(H,29,33)/t27-/m1/s1. The van der Waals surface area contributed by atoms with Crippen LogP contribution >= 0.6 is 0 Å². The summed E-state index contributed by atoms with van der Waals surface area (Å²) in [6.45, 7) is 1.02. The highest BCUT2D eigenvalue weighted by molar-refractivity contribution is 5.76. The molecule has 3 aromatic carbocycles. The van der Waals surface area contributed by atoms with Gasteiger partial charge in [-0.1, -0.05) is 60.7 Å². The minimum atomic E-state index is -0.209. The third-order valence-electron chi connectivity index (χ3n) is 6.24. The molecule has 166 valence electrons. The Kier molecular flexibility index (Phi) is 5.61. The van der Waals surface area contributed by atoms with Crippen LogP contribution in [0, 0.1) is 0 Å². The average Bonchev–Trinajstić information content (AvgIpc) is 3.27. The van der Waals surface area contributed by atoms with Crippen LogP contribution in [-0.2, 0) is 13.1 Å². The lowest BCUT2D eigenvalue weighted by Crippen LogP contribution is -2.41. The summed E-state index contributed by atoms with van der Waals surface area (Å²) in [5.74, 6) is 0. The predicted molar refractivity (Wildman–Crippen MR) is 133 cm³/mol. The zero-order valence-corrected chi connectivity index (χ0v) is 19.0. The Labute approximate surface area is 194 Å². The topological polar surface area (TPSA) is 40.5 Å². The fourth-order valence-corrected chi connectivity index (χ4v) is 4.52. The van der Waals surface area contributed by atoms with Gasteiger partial charge < -0.3 is 19.7 Å². The molecule has 1 aromatic heterocycles. The molecule has 4 aromatic rings. The maximum atomic E-state index is 13.6. The molecule has 33 heavy (non-hydrogen) atoms. The summed E-state index contributed by atoms with van der Waals surface area (Å²) >= 11 is 0. The van der Waals surface area contributed by atoms with Crippen LogP contribution in [0.4, 0.5) is 10.5 Å². The Morgan fingerprint density at radius 1 is 0.909 bits per heavy atom. The van der Waals surface area contributed by atoms with Crippen LogP contribution < -0.4 is 10.2 Å². The lowest BCUT2D eigenvalue weighted by atomic mass is 10.0. The first-order valence-electron chi connectivity index (χ1n) is 11.2. The molecule has 5 heteroatoms. The number of fused-ring (bicyclic) bond motifs is 3. The molecule has 1 atom stereocenters. The summed E-state index contributed by atoms with van der Waals surface area (Å²) in [7, 11) is 4.07. The Hall–Kier alpha value is -3.99. The molecular weight excluding hydrogens is 408 g/mol. The Morgan fingerprint density at radius 2 is 1.64 bits per heavy atom. The van der Waals surface area contributed by atoms with Crippen molar-refractivity contribution in [2.24, 2.45) is 0 Å². The fraction of sp³-hybridized carbons (Fsp3) is 0.179. The second kappa shape index (κ2) is 8.87. The number of amides is 2.